The lowest BCUT2D eigenvalue weighted by Gasteiger charge is -2.39. The van der Waals surface area contributed by atoms with Crippen molar-refractivity contribution in [1.82, 2.24) is 0 Å². The number of rotatable bonds is 1. The molecular weight excluding hydrogens is 194 g/mol. The molecule has 0 spiro atoms. The molecule has 5 unspecified atom stereocenters. The highest BCUT2D eigenvalue weighted by molar-refractivity contribution is 5.02. The summed E-state index contributed by atoms with van der Waals surface area (Å²) in [5.41, 5.74) is 8.10. The molecule has 6 atom stereocenters. The number of aliphatic hydroxyl groups is 5. The van der Waals surface area contributed by atoms with Crippen LogP contribution in [0.15, 0.2) is 5.11 Å². The summed E-state index contributed by atoms with van der Waals surface area (Å²) in [5.74, 6) is 0. The van der Waals surface area contributed by atoms with E-state index >= 15 is 0 Å². The van der Waals surface area contributed by atoms with Gasteiger partial charge < -0.3 is 25.5 Å². The Hall–Kier alpha value is -0.890. The number of hydrogen-bond acceptors (Lipinski definition) is 6. The molecule has 80 valence electrons. The summed E-state index contributed by atoms with van der Waals surface area (Å²) in [6.45, 7) is 0. The molecule has 0 aromatic heterocycles. The quantitative estimate of drug-likeness (QED) is 0.182. The van der Waals surface area contributed by atoms with Crippen LogP contribution >= 0.6 is 0 Å². The highest BCUT2D eigenvalue weighted by Crippen LogP contribution is 2.23. The normalized spacial score (nSPS) is 48.4. The SMILES string of the molecule is [N-]=[N+]=NC1C(O)C(O)C(O)C(O)[C@H]1O. The molecule has 0 aromatic rings. The van der Waals surface area contributed by atoms with Gasteiger partial charge in [-0.05, 0) is 5.53 Å². The van der Waals surface area contributed by atoms with E-state index in [1.165, 1.54) is 0 Å². The van der Waals surface area contributed by atoms with Crippen LogP contribution in [0, 0.1) is 0 Å². The van der Waals surface area contributed by atoms with E-state index in [-0.39, 0.29) is 0 Å². The minimum absolute atomic E-state index is 1.37. The second kappa shape index (κ2) is 4.09. The molecule has 1 rings (SSSR count). The van der Waals surface area contributed by atoms with Gasteiger partial charge in [-0.25, -0.2) is 0 Å². The van der Waals surface area contributed by atoms with Gasteiger partial charge >= 0.3 is 0 Å². The fourth-order valence-corrected chi connectivity index (χ4v) is 1.41. The number of nitrogens with zero attached hydrogens (tertiary/aromatic N) is 3. The van der Waals surface area contributed by atoms with Gasteiger partial charge in [0.2, 0.25) is 0 Å². The summed E-state index contributed by atoms with van der Waals surface area (Å²) in [6, 6.07) is -1.37. The summed E-state index contributed by atoms with van der Waals surface area (Å²) in [4.78, 5) is 2.36. The zero-order chi connectivity index (χ0) is 10.9. The molecule has 0 bridgehead atoms. The molecule has 0 heterocycles. The maximum atomic E-state index is 9.28. The summed E-state index contributed by atoms with van der Waals surface area (Å²) in [7, 11) is 0. The van der Waals surface area contributed by atoms with Gasteiger partial charge in [0.15, 0.2) is 0 Å². The van der Waals surface area contributed by atoms with E-state index in [2.05, 4.69) is 10.0 Å². The van der Waals surface area contributed by atoms with E-state index < -0.39 is 36.6 Å². The Morgan fingerprint density at radius 2 is 1.14 bits per heavy atom. The van der Waals surface area contributed by atoms with Gasteiger partial charge in [-0.15, -0.1) is 0 Å². The lowest BCUT2D eigenvalue weighted by molar-refractivity contribution is -0.184. The van der Waals surface area contributed by atoms with Gasteiger partial charge in [0.05, 0.1) is 18.2 Å². The van der Waals surface area contributed by atoms with E-state index in [0.717, 1.165) is 0 Å². The molecule has 0 amide bonds. The van der Waals surface area contributed by atoms with Crippen molar-refractivity contribution in [2.75, 3.05) is 0 Å². The minimum Gasteiger partial charge on any atom is -0.390 e. The third kappa shape index (κ3) is 1.67. The summed E-state index contributed by atoms with van der Waals surface area (Å²) >= 11 is 0. The van der Waals surface area contributed by atoms with Gasteiger partial charge in [-0.1, -0.05) is 5.11 Å². The largest absolute Gasteiger partial charge is 0.390 e. The molecule has 0 aromatic carbocycles. The fourth-order valence-electron chi connectivity index (χ4n) is 1.41. The average Bonchev–Trinajstić information content (AvgIpc) is 2.19. The predicted octanol–water partition coefficient (Wildman–Crippen LogP) is -2.52. The highest BCUT2D eigenvalue weighted by Gasteiger charge is 2.47. The molecule has 1 aliphatic rings. The third-order valence-electron chi connectivity index (χ3n) is 2.28. The van der Waals surface area contributed by atoms with E-state index in [9.17, 15) is 20.4 Å². The first-order valence-corrected chi connectivity index (χ1v) is 3.95. The van der Waals surface area contributed by atoms with Crippen molar-refractivity contribution in [1.29, 1.82) is 0 Å². The van der Waals surface area contributed by atoms with Crippen LogP contribution in [0.4, 0.5) is 0 Å². The molecule has 8 nitrogen and oxygen atoms in total. The first kappa shape index (κ1) is 11.2. The van der Waals surface area contributed by atoms with Crippen molar-refractivity contribution in [3.05, 3.63) is 10.4 Å². The maximum Gasteiger partial charge on any atom is 0.111 e. The Morgan fingerprint density at radius 1 is 0.786 bits per heavy atom. The molecule has 5 N–H and O–H groups in total. The Labute approximate surface area is 78.7 Å². The molecule has 14 heavy (non-hydrogen) atoms. The van der Waals surface area contributed by atoms with Crippen molar-refractivity contribution in [3.8, 4) is 0 Å². The van der Waals surface area contributed by atoms with Crippen molar-refractivity contribution < 1.29 is 25.5 Å². The van der Waals surface area contributed by atoms with Crippen LogP contribution in [0.25, 0.3) is 10.4 Å². The summed E-state index contributed by atoms with van der Waals surface area (Å²) < 4.78 is 0. The molecule has 1 fully saturated rings. The monoisotopic (exact) mass is 205 g/mol. The van der Waals surface area contributed by atoms with Gasteiger partial charge in [-0.2, -0.15) is 0 Å². The number of aliphatic hydroxyl groups excluding tert-OH is 5. The van der Waals surface area contributed by atoms with Gasteiger partial charge in [0.1, 0.15) is 18.3 Å². The zero-order valence-electron chi connectivity index (χ0n) is 7.04. The van der Waals surface area contributed by atoms with Crippen molar-refractivity contribution in [3.63, 3.8) is 0 Å². The van der Waals surface area contributed by atoms with E-state index in [4.69, 9.17) is 10.6 Å². The van der Waals surface area contributed by atoms with Crippen molar-refractivity contribution >= 4 is 0 Å². The first-order valence-electron chi connectivity index (χ1n) is 3.95. The second-order valence-electron chi connectivity index (χ2n) is 3.15. The zero-order valence-corrected chi connectivity index (χ0v) is 7.04. The van der Waals surface area contributed by atoms with Crippen molar-refractivity contribution in [2.45, 2.75) is 36.6 Å². The van der Waals surface area contributed by atoms with E-state index in [0.29, 0.717) is 0 Å². The topological polar surface area (TPSA) is 150 Å². The van der Waals surface area contributed by atoms with Crippen molar-refractivity contribution in [2.24, 2.45) is 5.11 Å². The Kier molecular flexibility index (Phi) is 3.27. The van der Waals surface area contributed by atoms with Crippen LogP contribution < -0.4 is 0 Å². The van der Waals surface area contributed by atoms with Gasteiger partial charge in [0.25, 0.3) is 0 Å². The van der Waals surface area contributed by atoms with Gasteiger partial charge in [-0.3, -0.25) is 0 Å². The molecule has 0 aliphatic heterocycles. The lowest BCUT2D eigenvalue weighted by Crippen LogP contribution is -2.62. The summed E-state index contributed by atoms with van der Waals surface area (Å²) in [5, 5.41) is 49.1. The Balaban J connectivity index is 2.91. The highest BCUT2D eigenvalue weighted by atomic mass is 16.4. The third-order valence-corrected chi connectivity index (χ3v) is 2.28. The molecule has 0 radical (unpaired) electrons. The molecule has 1 saturated carbocycles. The fraction of sp³-hybridized carbons (Fsp3) is 1.00. The van der Waals surface area contributed by atoms with E-state index in [1.807, 2.05) is 0 Å². The Bertz CT molecular complexity index is 240. The molecule has 1 aliphatic carbocycles. The van der Waals surface area contributed by atoms with Crippen LogP contribution in [0.2, 0.25) is 0 Å². The molecule has 0 saturated heterocycles. The Morgan fingerprint density at radius 3 is 1.50 bits per heavy atom. The molecular formula is C6H11N3O5. The maximum absolute atomic E-state index is 9.28. The second-order valence-corrected chi connectivity index (χ2v) is 3.15. The van der Waals surface area contributed by atoms with Crippen LogP contribution in [0.5, 0.6) is 0 Å². The summed E-state index contributed by atoms with van der Waals surface area (Å²) in [6.07, 6.45) is -8.16. The standard InChI is InChI=1S/C6H11N3O5/c7-9-8-1-2(10)4(12)6(14)5(13)3(1)11/h1-6,10-14H/t1?,2-,3?,4?,5?,6?/m0/s1. The predicted molar refractivity (Wildman–Crippen MR) is 43.0 cm³/mol. The van der Waals surface area contributed by atoms with Crippen LogP contribution in [0.1, 0.15) is 0 Å². The number of hydrogen-bond donors (Lipinski definition) is 5. The van der Waals surface area contributed by atoms with Crippen LogP contribution in [-0.4, -0.2) is 62.1 Å². The average molecular weight is 205 g/mol. The lowest BCUT2D eigenvalue weighted by atomic mass is 9.84. The smallest absolute Gasteiger partial charge is 0.111 e. The van der Waals surface area contributed by atoms with Crippen LogP contribution in [-0.2, 0) is 0 Å². The van der Waals surface area contributed by atoms with E-state index in [1.54, 1.807) is 0 Å². The molecule has 8 heteroatoms. The van der Waals surface area contributed by atoms with Crippen LogP contribution in [0.3, 0.4) is 0 Å². The first-order chi connectivity index (χ1) is 6.50. The van der Waals surface area contributed by atoms with Gasteiger partial charge in [0, 0.05) is 4.91 Å². The number of azide groups is 1. The minimum atomic E-state index is -1.66.